The Hall–Kier alpha value is -1.00. The third kappa shape index (κ3) is 8.45. The van der Waals surface area contributed by atoms with Crippen molar-refractivity contribution in [2.45, 2.75) is 79.1 Å². The monoisotopic (exact) mass is 638 g/mol. The molecule has 0 aliphatic rings. The average molecular weight is 638 g/mol. The Morgan fingerprint density at radius 1 is 0.581 bits per heavy atom. The molecule has 5 heteroatoms. The van der Waals surface area contributed by atoms with E-state index in [2.05, 4.69) is 91.8 Å². The fourth-order valence-electron chi connectivity index (χ4n) is 3.54. The van der Waals surface area contributed by atoms with Gasteiger partial charge >= 0.3 is 34.7 Å². The summed E-state index contributed by atoms with van der Waals surface area (Å²) >= 11 is -0.639. The van der Waals surface area contributed by atoms with Gasteiger partial charge in [0, 0.05) is 12.4 Å². The van der Waals surface area contributed by atoms with E-state index in [0.717, 1.165) is 11.4 Å². The standard InChI is InChI=1S/C26H36N2.2ClH.Os/c1-17(2)21-11-9-12-22(18(3)4)25(21)27-15-16-28-26-23(19(5)6)13-10-14-24(26)20(7)8;;;/h9-20H,1-8H3;2*1H;/q;;;+2/p-2. The summed E-state index contributed by atoms with van der Waals surface area (Å²) in [5.74, 6) is 1.77. The fraction of sp³-hybridized carbons (Fsp3) is 0.462. The summed E-state index contributed by atoms with van der Waals surface area (Å²) in [4.78, 5) is 9.68. The van der Waals surface area contributed by atoms with Gasteiger partial charge in [-0.15, -0.1) is 0 Å². The first-order valence-electron chi connectivity index (χ1n) is 10.8. The van der Waals surface area contributed by atoms with Gasteiger partial charge in [0.1, 0.15) is 0 Å². The molecule has 0 amide bonds. The van der Waals surface area contributed by atoms with Crippen molar-refractivity contribution in [2.75, 3.05) is 0 Å². The number of para-hydroxylation sites is 2. The van der Waals surface area contributed by atoms with Crippen molar-refractivity contribution in [1.29, 1.82) is 0 Å². The number of aliphatic imine (C=N–C) groups is 2. The predicted molar refractivity (Wildman–Crippen MR) is 137 cm³/mol. The molecule has 0 aliphatic carbocycles. The summed E-state index contributed by atoms with van der Waals surface area (Å²) in [7, 11) is 9.81. The second-order valence-electron chi connectivity index (χ2n) is 8.80. The van der Waals surface area contributed by atoms with Crippen LogP contribution in [0.4, 0.5) is 11.4 Å². The van der Waals surface area contributed by atoms with Crippen molar-refractivity contribution in [2.24, 2.45) is 9.98 Å². The molecule has 2 nitrogen and oxygen atoms in total. The van der Waals surface area contributed by atoms with Crippen molar-refractivity contribution in [3.8, 4) is 0 Å². The van der Waals surface area contributed by atoms with Crippen LogP contribution in [0.5, 0.6) is 0 Å². The molecule has 0 aliphatic heterocycles. The molecule has 172 valence electrons. The zero-order valence-electron chi connectivity index (χ0n) is 19.9. The Morgan fingerprint density at radius 3 is 1.00 bits per heavy atom. The Balaban J connectivity index is 0.00000151. The summed E-state index contributed by atoms with van der Waals surface area (Å²) in [5, 5.41) is 0. The number of hydrogen-bond donors (Lipinski definition) is 0. The maximum absolute atomic E-state index is 4.90. The van der Waals surface area contributed by atoms with Gasteiger partial charge in [0.25, 0.3) is 0 Å². The van der Waals surface area contributed by atoms with Gasteiger partial charge in [-0.3, -0.25) is 9.98 Å². The van der Waals surface area contributed by atoms with Crippen LogP contribution in [0.25, 0.3) is 0 Å². The van der Waals surface area contributed by atoms with Gasteiger partial charge in [-0.1, -0.05) is 91.8 Å². The molecule has 31 heavy (non-hydrogen) atoms. The average Bonchev–Trinajstić information content (AvgIpc) is 2.71. The molecule has 0 heterocycles. The topological polar surface area (TPSA) is 24.7 Å². The van der Waals surface area contributed by atoms with Crippen LogP contribution in [0.2, 0.25) is 0 Å². The van der Waals surface area contributed by atoms with Crippen LogP contribution in [0.3, 0.4) is 0 Å². The van der Waals surface area contributed by atoms with E-state index >= 15 is 0 Å². The van der Waals surface area contributed by atoms with Crippen LogP contribution in [-0.4, -0.2) is 12.4 Å². The summed E-state index contributed by atoms with van der Waals surface area (Å²) < 4.78 is 0. The maximum atomic E-state index is 4.90. The number of hydrogen-bond acceptors (Lipinski definition) is 2. The van der Waals surface area contributed by atoms with Crippen molar-refractivity contribution < 1.29 is 15.4 Å². The Kier molecular flexibility index (Phi) is 12.8. The number of benzene rings is 2. The molecule has 0 bridgehead atoms. The minimum atomic E-state index is -0.639. The van der Waals surface area contributed by atoms with E-state index < -0.39 is 15.4 Å². The Bertz CT molecular complexity index is 748. The quantitative estimate of drug-likeness (QED) is 0.270. The summed E-state index contributed by atoms with van der Waals surface area (Å²) in [6.45, 7) is 17.8. The summed E-state index contributed by atoms with van der Waals surface area (Å²) in [5.41, 5.74) is 7.37. The molecule has 0 aromatic heterocycles. The van der Waals surface area contributed by atoms with Gasteiger partial charge in [-0.2, -0.15) is 0 Å². The third-order valence-corrected chi connectivity index (χ3v) is 5.16. The molecular formula is C26H36Cl2N2Os. The molecule has 0 saturated heterocycles. The van der Waals surface area contributed by atoms with Crippen molar-refractivity contribution in [1.82, 2.24) is 0 Å². The van der Waals surface area contributed by atoms with Gasteiger partial charge in [0.2, 0.25) is 0 Å². The van der Waals surface area contributed by atoms with Crippen LogP contribution in [0.1, 0.15) is 101 Å². The molecule has 0 atom stereocenters. The van der Waals surface area contributed by atoms with Crippen LogP contribution >= 0.6 is 19.3 Å². The van der Waals surface area contributed by atoms with Crippen LogP contribution in [-0.2, 0) is 15.4 Å². The van der Waals surface area contributed by atoms with Crippen molar-refractivity contribution in [3.05, 3.63) is 58.7 Å². The van der Waals surface area contributed by atoms with Crippen molar-refractivity contribution in [3.63, 3.8) is 0 Å². The van der Waals surface area contributed by atoms with Gasteiger partial charge < -0.3 is 0 Å². The predicted octanol–water partition coefficient (Wildman–Crippen LogP) is 9.66. The van der Waals surface area contributed by atoms with Gasteiger partial charge in [0.15, 0.2) is 0 Å². The number of halogens is 2. The Labute approximate surface area is 205 Å². The van der Waals surface area contributed by atoms with Crippen LogP contribution < -0.4 is 0 Å². The first kappa shape index (κ1) is 28.0. The van der Waals surface area contributed by atoms with E-state index in [4.69, 9.17) is 29.3 Å². The molecule has 0 fully saturated rings. The van der Waals surface area contributed by atoms with Crippen LogP contribution in [0, 0.1) is 0 Å². The molecule has 0 N–H and O–H groups in total. The SMILES string of the molecule is CC(C)c1cccc(C(C)C)c1N=CC=Nc1c(C(C)C)cccc1C(C)C.[Cl][Os][Cl]. The second-order valence-corrected chi connectivity index (χ2v) is 12.5. The fourth-order valence-corrected chi connectivity index (χ4v) is 3.54. The number of nitrogens with zero attached hydrogens (tertiary/aromatic N) is 2. The first-order valence-corrected chi connectivity index (χ1v) is 17.1. The first-order chi connectivity index (χ1) is 14.6. The van der Waals surface area contributed by atoms with E-state index in [0.29, 0.717) is 23.7 Å². The Morgan fingerprint density at radius 2 is 0.806 bits per heavy atom. The molecule has 2 rings (SSSR count). The molecule has 0 unspecified atom stereocenters. The van der Waals surface area contributed by atoms with Gasteiger partial charge in [-0.25, -0.2) is 0 Å². The molecule has 2 aromatic rings. The molecule has 0 saturated carbocycles. The number of rotatable bonds is 7. The second kappa shape index (κ2) is 14.2. The minimum absolute atomic E-state index is 0.442. The molecule has 2 aromatic carbocycles. The van der Waals surface area contributed by atoms with Gasteiger partial charge in [-0.05, 0) is 45.9 Å². The third-order valence-electron chi connectivity index (χ3n) is 5.16. The van der Waals surface area contributed by atoms with E-state index in [1.807, 2.05) is 12.4 Å². The zero-order valence-corrected chi connectivity index (χ0v) is 24.0. The van der Waals surface area contributed by atoms with E-state index in [9.17, 15) is 0 Å². The molecule has 0 spiro atoms. The zero-order chi connectivity index (χ0) is 23.6. The summed E-state index contributed by atoms with van der Waals surface area (Å²) in [6, 6.07) is 13.0. The van der Waals surface area contributed by atoms with Crippen molar-refractivity contribution >= 4 is 43.1 Å². The summed E-state index contributed by atoms with van der Waals surface area (Å²) in [6.07, 6.45) is 3.71. The molecule has 0 radical (unpaired) electrons. The van der Waals surface area contributed by atoms with E-state index in [1.54, 1.807) is 0 Å². The van der Waals surface area contributed by atoms with Crippen LogP contribution in [0.15, 0.2) is 46.4 Å². The van der Waals surface area contributed by atoms with E-state index in [-0.39, 0.29) is 0 Å². The molecular weight excluding hydrogens is 601 g/mol. The normalized spacial score (nSPS) is 12.1. The van der Waals surface area contributed by atoms with E-state index in [1.165, 1.54) is 22.3 Å². The van der Waals surface area contributed by atoms with Gasteiger partial charge in [0.05, 0.1) is 11.4 Å².